The second kappa shape index (κ2) is 7.46. The number of rotatable bonds is 7. The molecule has 1 aromatic carbocycles. The van der Waals surface area contributed by atoms with Crippen LogP contribution in [-0.2, 0) is 4.79 Å². The summed E-state index contributed by atoms with van der Waals surface area (Å²) in [5.74, 6) is 2.15. The van der Waals surface area contributed by atoms with E-state index < -0.39 is 0 Å². The molecule has 0 saturated heterocycles. The van der Waals surface area contributed by atoms with E-state index in [0.717, 1.165) is 17.7 Å². The van der Waals surface area contributed by atoms with Crippen molar-refractivity contribution in [1.29, 1.82) is 0 Å². The average molecular weight is 344 g/mol. The third-order valence-electron chi connectivity index (χ3n) is 5.57. The molecule has 0 radical (unpaired) electrons. The summed E-state index contributed by atoms with van der Waals surface area (Å²) in [6.07, 6.45) is 6.49. The summed E-state index contributed by atoms with van der Waals surface area (Å²) in [7, 11) is 0. The number of nitrogens with one attached hydrogen (secondary N) is 1. The third kappa shape index (κ3) is 3.65. The number of nitrogens with zero attached hydrogens (tertiary/aromatic N) is 1. The molecule has 1 aromatic rings. The van der Waals surface area contributed by atoms with Crippen LogP contribution in [0, 0.1) is 17.3 Å². The quantitative estimate of drug-likeness (QED) is 0.605. The maximum absolute atomic E-state index is 12.4. The standard InChI is InChI=1S/C20H28N2O3/c1-4-24-16-10-9-14(12-17(16)25-5-2)13-21-22-19(23)18-15-8-6-7-11-20(15,18)3/h9-10,12-13,15,18H,4-8,11H2,1-3H3,(H,22,23)/b21-13-/t15-,18-,20+/m1/s1. The van der Waals surface area contributed by atoms with Crippen molar-refractivity contribution in [3.05, 3.63) is 23.8 Å². The molecule has 0 bridgehead atoms. The third-order valence-corrected chi connectivity index (χ3v) is 5.57. The molecule has 25 heavy (non-hydrogen) atoms. The highest BCUT2D eigenvalue weighted by Crippen LogP contribution is 2.66. The number of carbonyl (C=O) groups excluding carboxylic acids is 1. The molecule has 5 nitrogen and oxygen atoms in total. The molecular formula is C20H28N2O3. The molecule has 1 amide bonds. The van der Waals surface area contributed by atoms with Gasteiger partial charge in [0.25, 0.3) is 0 Å². The minimum Gasteiger partial charge on any atom is -0.490 e. The number of amides is 1. The number of carbonyl (C=O) groups is 1. The van der Waals surface area contributed by atoms with Crippen molar-refractivity contribution in [3.8, 4) is 11.5 Å². The Balaban J connectivity index is 1.60. The van der Waals surface area contributed by atoms with E-state index in [1.165, 1.54) is 19.3 Å². The van der Waals surface area contributed by atoms with Gasteiger partial charge in [0, 0.05) is 5.92 Å². The van der Waals surface area contributed by atoms with E-state index in [1.807, 2.05) is 32.0 Å². The lowest BCUT2D eigenvalue weighted by atomic mass is 9.90. The molecule has 0 heterocycles. The van der Waals surface area contributed by atoms with Crippen LogP contribution in [0.4, 0.5) is 0 Å². The lowest BCUT2D eigenvalue weighted by molar-refractivity contribution is -0.123. The van der Waals surface area contributed by atoms with E-state index in [2.05, 4.69) is 17.5 Å². The van der Waals surface area contributed by atoms with Crippen LogP contribution in [0.1, 0.15) is 52.0 Å². The SMILES string of the molecule is CCOc1ccc(/C=N\NC(=O)[C@H]2[C@H]3CCCC[C@@]32C)cc1OCC. The van der Waals surface area contributed by atoms with Crippen LogP contribution >= 0.6 is 0 Å². The van der Waals surface area contributed by atoms with Gasteiger partial charge in [0.05, 0.1) is 19.4 Å². The van der Waals surface area contributed by atoms with Crippen LogP contribution in [0.15, 0.2) is 23.3 Å². The molecule has 0 spiro atoms. The smallest absolute Gasteiger partial charge is 0.244 e. The topological polar surface area (TPSA) is 59.9 Å². The van der Waals surface area contributed by atoms with E-state index in [1.54, 1.807) is 6.21 Å². The van der Waals surface area contributed by atoms with Gasteiger partial charge in [0.2, 0.25) is 5.91 Å². The summed E-state index contributed by atoms with van der Waals surface area (Å²) >= 11 is 0. The molecule has 2 aliphatic rings. The van der Waals surface area contributed by atoms with Crippen molar-refractivity contribution in [3.63, 3.8) is 0 Å². The van der Waals surface area contributed by atoms with Crippen LogP contribution in [-0.4, -0.2) is 25.3 Å². The lowest BCUT2D eigenvalue weighted by Gasteiger charge is -2.15. The summed E-state index contributed by atoms with van der Waals surface area (Å²) in [5, 5.41) is 4.15. The first kappa shape index (κ1) is 17.8. The summed E-state index contributed by atoms with van der Waals surface area (Å²) in [6, 6.07) is 5.65. The molecule has 2 aliphatic carbocycles. The molecule has 0 unspecified atom stereocenters. The number of ether oxygens (including phenoxy) is 2. The zero-order valence-corrected chi connectivity index (χ0v) is 15.4. The van der Waals surface area contributed by atoms with Crippen LogP contribution in [0.25, 0.3) is 0 Å². The number of hydrogen-bond donors (Lipinski definition) is 1. The van der Waals surface area contributed by atoms with Gasteiger partial charge in [0.1, 0.15) is 0 Å². The van der Waals surface area contributed by atoms with E-state index in [9.17, 15) is 4.79 Å². The predicted molar refractivity (Wildman–Crippen MR) is 98.1 cm³/mol. The molecule has 2 saturated carbocycles. The van der Waals surface area contributed by atoms with E-state index in [0.29, 0.717) is 24.9 Å². The first-order valence-electron chi connectivity index (χ1n) is 9.32. The van der Waals surface area contributed by atoms with Gasteiger partial charge >= 0.3 is 0 Å². The van der Waals surface area contributed by atoms with Crippen molar-refractivity contribution in [1.82, 2.24) is 5.43 Å². The van der Waals surface area contributed by atoms with Gasteiger partial charge < -0.3 is 9.47 Å². The molecule has 2 fully saturated rings. The Morgan fingerprint density at radius 2 is 2.04 bits per heavy atom. The number of hydrogen-bond acceptors (Lipinski definition) is 4. The molecule has 0 aliphatic heterocycles. The molecular weight excluding hydrogens is 316 g/mol. The van der Waals surface area contributed by atoms with E-state index in [-0.39, 0.29) is 17.2 Å². The number of hydrazone groups is 1. The Kier molecular flexibility index (Phi) is 5.30. The van der Waals surface area contributed by atoms with Gasteiger partial charge in [-0.05, 0) is 61.8 Å². The largest absolute Gasteiger partial charge is 0.490 e. The minimum absolute atomic E-state index is 0.0571. The van der Waals surface area contributed by atoms with Crippen molar-refractivity contribution >= 4 is 12.1 Å². The van der Waals surface area contributed by atoms with Crippen molar-refractivity contribution in [2.24, 2.45) is 22.4 Å². The van der Waals surface area contributed by atoms with Gasteiger partial charge in [-0.25, -0.2) is 5.43 Å². The Morgan fingerprint density at radius 3 is 2.72 bits per heavy atom. The van der Waals surface area contributed by atoms with Crippen molar-refractivity contribution in [2.45, 2.75) is 46.5 Å². The second-order valence-corrected chi connectivity index (χ2v) is 7.14. The molecule has 136 valence electrons. The zero-order valence-electron chi connectivity index (χ0n) is 15.4. The van der Waals surface area contributed by atoms with Gasteiger partial charge in [-0.2, -0.15) is 5.10 Å². The summed E-state index contributed by atoms with van der Waals surface area (Å²) < 4.78 is 11.2. The molecule has 1 N–H and O–H groups in total. The van der Waals surface area contributed by atoms with Gasteiger partial charge in [-0.3, -0.25) is 4.79 Å². The fraction of sp³-hybridized carbons (Fsp3) is 0.600. The molecule has 3 rings (SSSR count). The first-order chi connectivity index (χ1) is 12.1. The van der Waals surface area contributed by atoms with E-state index in [4.69, 9.17) is 9.47 Å². The molecule has 0 aromatic heterocycles. The monoisotopic (exact) mass is 344 g/mol. The predicted octanol–water partition coefficient (Wildman–Crippen LogP) is 3.76. The number of benzene rings is 1. The second-order valence-electron chi connectivity index (χ2n) is 7.14. The summed E-state index contributed by atoms with van der Waals surface area (Å²) in [4.78, 5) is 12.4. The summed E-state index contributed by atoms with van der Waals surface area (Å²) in [6.45, 7) is 7.28. The summed E-state index contributed by atoms with van der Waals surface area (Å²) in [5.41, 5.74) is 3.80. The Morgan fingerprint density at radius 1 is 1.28 bits per heavy atom. The van der Waals surface area contributed by atoms with Crippen molar-refractivity contribution in [2.75, 3.05) is 13.2 Å². The Labute approximate surface area is 149 Å². The highest BCUT2D eigenvalue weighted by atomic mass is 16.5. The van der Waals surface area contributed by atoms with Crippen molar-refractivity contribution < 1.29 is 14.3 Å². The molecule has 3 atom stereocenters. The zero-order chi connectivity index (χ0) is 17.9. The number of fused-ring (bicyclic) bond motifs is 1. The lowest BCUT2D eigenvalue weighted by Crippen LogP contribution is -2.22. The fourth-order valence-electron chi connectivity index (χ4n) is 4.24. The van der Waals surface area contributed by atoms with Crippen LogP contribution in [0.2, 0.25) is 0 Å². The maximum Gasteiger partial charge on any atom is 0.244 e. The average Bonchev–Trinajstić information content (AvgIpc) is 3.23. The Bertz CT molecular complexity index is 658. The Hall–Kier alpha value is -2.04. The normalized spacial score (nSPS) is 27.6. The minimum atomic E-state index is 0.0571. The highest BCUT2D eigenvalue weighted by molar-refractivity contribution is 5.86. The maximum atomic E-state index is 12.4. The van der Waals surface area contributed by atoms with Crippen LogP contribution < -0.4 is 14.9 Å². The fourth-order valence-corrected chi connectivity index (χ4v) is 4.24. The van der Waals surface area contributed by atoms with Crippen LogP contribution in [0.3, 0.4) is 0 Å². The van der Waals surface area contributed by atoms with Gasteiger partial charge in [-0.15, -0.1) is 0 Å². The van der Waals surface area contributed by atoms with Crippen LogP contribution in [0.5, 0.6) is 11.5 Å². The first-order valence-corrected chi connectivity index (χ1v) is 9.32. The van der Waals surface area contributed by atoms with E-state index >= 15 is 0 Å². The van der Waals surface area contributed by atoms with Gasteiger partial charge in [-0.1, -0.05) is 19.8 Å². The highest BCUT2D eigenvalue weighted by Gasteiger charge is 2.64. The molecule has 5 heteroatoms. The van der Waals surface area contributed by atoms with Gasteiger partial charge in [0.15, 0.2) is 11.5 Å².